The summed E-state index contributed by atoms with van der Waals surface area (Å²) < 4.78 is 0. The van der Waals surface area contributed by atoms with E-state index in [1.807, 2.05) is 49.4 Å². The summed E-state index contributed by atoms with van der Waals surface area (Å²) in [7, 11) is 0. The molecule has 27 heavy (non-hydrogen) atoms. The summed E-state index contributed by atoms with van der Waals surface area (Å²) in [5.74, 6) is 0.892. The van der Waals surface area contributed by atoms with Gasteiger partial charge < -0.3 is 16.5 Å². The average molecular weight is 356 g/mol. The van der Waals surface area contributed by atoms with Crippen molar-refractivity contribution in [1.82, 2.24) is 9.97 Å². The number of aromatic amines is 1. The molecule has 136 valence electrons. The summed E-state index contributed by atoms with van der Waals surface area (Å²) in [5, 5.41) is 0. The quantitative estimate of drug-likeness (QED) is 0.432. The Kier molecular flexibility index (Phi) is 5.57. The van der Waals surface area contributed by atoms with Crippen molar-refractivity contribution in [2.24, 2.45) is 0 Å². The van der Waals surface area contributed by atoms with Crippen molar-refractivity contribution in [2.75, 3.05) is 11.5 Å². The van der Waals surface area contributed by atoms with E-state index in [-0.39, 0.29) is 0 Å². The molecule has 0 amide bonds. The van der Waals surface area contributed by atoms with Gasteiger partial charge in [-0.05, 0) is 48.7 Å². The lowest BCUT2D eigenvalue weighted by molar-refractivity contribution is 1.29. The van der Waals surface area contributed by atoms with E-state index in [1.54, 1.807) is 6.07 Å². The molecule has 0 unspecified atom stereocenters. The molecule has 0 aliphatic carbocycles. The fourth-order valence-electron chi connectivity index (χ4n) is 2.72. The van der Waals surface area contributed by atoms with Crippen molar-refractivity contribution in [2.45, 2.75) is 13.8 Å². The van der Waals surface area contributed by atoms with Crippen molar-refractivity contribution < 1.29 is 0 Å². The van der Waals surface area contributed by atoms with E-state index in [2.05, 4.69) is 47.2 Å². The largest absolute Gasteiger partial charge is 0.397 e. The number of nitrogens with one attached hydrogen (secondary N) is 1. The molecule has 0 radical (unpaired) electrons. The van der Waals surface area contributed by atoms with Crippen LogP contribution in [-0.4, -0.2) is 9.97 Å². The first-order valence-electron chi connectivity index (χ1n) is 8.83. The monoisotopic (exact) mass is 356 g/mol. The Morgan fingerprint density at radius 3 is 2.15 bits per heavy atom. The lowest BCUT2D eigenvalue weighted by Gasteiger charge is -2.00. The molecule has 4 nitrogen and oxygen atoms in total. The van der Waals surface area contributed by atoms with Gasteiger partial charge in [-0.2, -0.15) is 0 Å². The van der Waals surface area contributed by atoms with E-state index in [0.717, 1.165) is 22.4 Å². The maximum Gasteiger partial charge on any atom is 0.131 e. The smallest absolute Gasteiger partial charge is 0.131 e. The van der Waals surface area contributed by atoms with Gasteiger partial charge >= 0.3 is 0 Å². The number of aryl methyl sites for hydroxylation is 2. The van der Waals surface area contributed by atoms with Crippen LogP contribution in [0.25, 0.3) is 23.2 Å². The number of rotatable bonds is 2. The number of hydrogen-bond donors (Lipinski definition) is 3. The minimum atomic E-state index is 0.662. The number of imidazole rings is 1. The Bertz CT molecular complexity index is 1040. The van der Waals surface area contributed by atoms with E-state index >= 15 is 0 Å². The molecule has 4 aromatic rings. The highest BCUT2D eigenvalue weighted by atomic mass is 14.9. The van der Waals surface area contributed by atoms with Gasteiger partial charge in [0.05, 0.1) is 22.4 Å². The van der Waals surface area contributed by atoms with Crippen molar-refractivity contribution in [3.8, 4) is 0 Å². The zero-order chi connectivity index (χ0) is 19.2. The normalized spacial score (nSPS) is 10.7. The SMILES string of the molecule is Cc1cccc(N)c1N.Cc1cccc2[nH]c(/C=C/c3ccccc3)nc12. The molecule has 0 spiro atoms. The van der Waals surface area contributed by atoms with Crippen LogP contribution in [0.5, 0.6) is 0 Å². The minimum Gasteiger partial charge on any atom is -0.397 e. The van der Waals surface area contributed by atoms with Gasteiger partial charge in [0.2, 0.25) is 0 Å². The number of anilines is 2. The van der Waals surface area contributed by atoms with E-state index in [4.69, 9.17) is 11.5 Å². The zero-order valence-corrected chi connectivity index (χ0v) is 15.6. The molecule has 4 heteroatoms. The van der Waals surface area contributed by atoms with Gasteiger partial charge in [-0.15, -0.1) is 0 Å². The van der Waals surface area contributed by atoms with Gasteiger partial charge in [-0.1, -0.05) is 60.7 Å². The van der Waals surface area contributed by atoms with Crippen molar-refractivity contribution in [1.29, 1.82) is 0 Å². The van der Waals surface area contributed by atoms with Crippen molar-refractivity contribution >= 4 is 34.6 Å². The standard InChI is InChI=1S/C16H14N2.C7H10N2/c1-12-6-5-9-14-16(12)18-15(17-14)11-10-13-7-3-2-4-8-13;1-5-3-2-4-6(8)7(5)9/h2-11H,1H3,(H,17,18);2-4H,8-9H2,1H3/b11-10+;. The van der Waals surface area contributed by atoms with Crippen LogP contribution in [0.4, 0.5) is 11.4 Å². The Labute approximate surface area is 159 Å². The van der Waals surface area contributed by atoms with E-state index in [1.165, 1.54) is 11.1 Å². The fourth-order valence-corrected chi connectivity index (χ4v) is 2.72. The van der Waals surface area contributed by atoms with Gasteiger partial charge in [-0.25, -0.2) is 4.98 Å². The van der Waals surface area contributed by atoms with Crippen LogP contribution in [-0.2, 0) is 0 Å². The van der Waals surface area contributed by atoms with Crippen LogP contribution >= 0.6 is 0 Å². The molecule has 0 saturated carbocycles. The second-order valence-electron chi connectivity index (χ2n) is 6.41. The van der Waals surface area contributed by atoms with Gasteiger partial charge in [-0.3, -0.25) is 0 Å². The highest BCUT2D eigenvalue weighted by Crippen LogP contribution is 2.17. The van der Waals surface area contributed by atoms with E-state index in [0.29, 0.717) is 11.4 Å². The zero-order valence-electron chi connectivity index (χ0n) is 15.6. The summed E-state index contributed by atoms with van der Waals surface area (Å²) in [6, 6.07) is 22.0. The molecule has 3 aromatic carbocycles. The maximum atomic E-state index is 5.56. The van der Waals surface area contributed by atoms with Crippen molar-refractivity contribution in [3.63, 3.8) is 0 Å². The van der Waals surface area contributed by atoms with Crippen LogP contribution in [0, 0.1) is 13.8 Å². The predicted octanol–water partition coefficient (Wildman–Crippen LogP) is 5.20. The average Bonchev–Trinajstić information content (AvgIpc) is 3.10. The summed E-state index contributed by atoms with van der Waals surface area (Å²) >= 11 is 0. The Morgan fingerprint density at radius 1 is 0.778 bits per heavy atom. The number of benzene rings is 3. The van der Waals surface area contributed by atoms with E-state index < -0.39 is 0 Å². The first kappa shape index (κ1) is 18.3. The number of aromatic nitrogens is 2. The van der Waals surface area contributed by atoms with Gasteiger partial charge in [0.15, 0.2) is 0 Å². The summed E-state index contributed by atoms with van der Waals surface area (Å²) in [4.78, 5) is 7.89. The lowest BCUT2D eigenvalue weighted by atomic mass is 10.2. The third-order valence-corrected chi connectivity index (χ3v) is 4.32. The molecule has 5 N–H and O–H groups in total. The summed E-state index contributed by atoms with van der Waals surface area (Å²) in [6.07, 6.45) is 4.07. The molecular formula is C23H24N4. The number of para-hydroxylation sites is 2. The van der Waals surface area contributed by atoms with Crippen LogP contribution in [0.1, 0.15) is 22.5 Å². The van der Waals surface area contributed by atoms with Gasteiger partial charge in [0, 0.05) is 0 Å². The molecule has 0 fully saturated rings. The van der Waals surface area contributed by atoms with Crippen LogP contribution < -0.4 is 11.5 Å². The number of hydrogen-bond acceptors (Lipinski definition) is 3. The van der Waals surface area contributed by atoms with Gasteiger partial charge in [0.1, 0.15) is 5.82 Å². The molecule has 0 saturated heterocycles. The number of nitrogens with zero attached hydrogens (tertiary/aromatic N) is 1. The number of nitrogen functional groups attached to an aromatic ring is 2. The maximum absolute atomic E-state index is 5.56. The summed E-state index contributed by atoms with van der Waals surface area (Å²) in [5.41, 5.74) is 17.9. The first-order valence-corrected chi connectivity index (χ1v) is 8.83. The number of nitrogens with two attached hydrogens (primary N) is 2. The van der Waals surface area contributed by atoms with Gasteiger partial charge in [0.25, 0.3) is 0 Å². The molecule has 0 atom stereocenters. The van der Waals surface area contributed by atoms with Crippen LogP contribution in [0.2, 0.25) is 0 Å². The fraction of sp³-hybridized carbons (Fsp3) is 0.0870. The third kappa shape index (κ3) is 4.55. The van der Waals surface area contributed by atoms with Crippen LogP contribution in [0.15, 0.2) is 66.7 Å². The second-order valence-corrected chi connectivity index (χ2v) is 6.41. The second kappa shape index (κ2) is 8.23. The topological polar surface area (TPSA) is 80.7 Å². The molecular weight excluding hydrogens is 332 g/mol. The molecule has 4 rings (SSSR count). The highest BCUT2D eigenvalue weighted by Gasteiger charge is 2.01. The number of H-pyrrole nitrogens is 1. The summed E-state index contributed by atoms with van der Waals surface area (Å²) in [6.45, 7) is 4.01. The minimum absolute atomic E-state index is 0.662. The first-order chi connectivity index (χ1) is 13.0. The van der Waals surface area contributed by atoms with E-state index in [9.17, 15) is 0 Å². The predicted molar refractivity (Wildman–Crippen MR) is 116 cm³/mol. The Morgan fingerprint density at radius 2 is 1.48 bits per heavy atom. The lowest BCUT2D eigenvalue weighted by Crippen LogP contribution is -1.95. The molecule has 1 heterocycles. The number of fused-ring (bicyclic) bond motifs is 1. The third-order valence-electron chi connectivity index (χ3n) is 4.32. The molecule has 0 bridgehead atoms. The molecule has 0 aliphatic heterocycles. The van der Waals surface area contributed by atoms with Crippen molar-refractivity contribution in [3.05, 3.63) is 89.2 Å². The molecule has 0 aliphatic rings. The highest BCUT2D eigenvalue weighted by molar-refractivity contribution is 5.81. The Hall–Kier alpha value is -3.53. The molecule has 1 aromatic heterocycles. The van der Waals surface area contributed by atoms with Crippen LogP contribution in [0.3, 0.4) is 0 Å². The Balaban J connectivity index is 0.000000197.